The summed E-state index contributed by atoms with van der Waals surface area (Å²) < 4.78 is 0. The molecule has 0 fully saturated rings. The molecular formula is C11H17N5. The van der Waals surface area contributed by atoms with Gasteiger partial charge in [-0.3, -0.25) is 5.32 Å². The van der Waals surface area contributed by atoms with E-state index in [-0.39, 0.29) is 5.41 Å². The van der Waals surface area contributed by atoms with Crippen LogP contribution in [0, 0.1) is 23.8 Å². The van der Waals surface area contributed by atoms with Crippen LogP contribution in [0.3, 0.4) is 0 Å². The molecule has 0 saturated carbocycles. The Labute approximate surface area is 95.9 Å². The number of hydrogen-bond donors (Lipinski definition) is 2. The molecule has 0 saturated heterocycles. The molecule has 0 aliphatic heterocycles. The van der Waals surface area contributed by atoms with E-state index in [1.54, 1.807) is 13.0 Å². The highest BCUT2D eigenvalue weighted by atomic mass is 15.1. The number of nitrogens with zero attached hydrogens (tertiary/aromatic N) is 3. The van der Waals surface area contributed by atoms with Gasteiger partial charge in [-0.25, -0.2) is 9.97 Å². The lowest BCUT2D eigenvalue weighted by Crippen LogP contribution is -2.20. The molecule has 0 amide bonds. The topological polar surface area (TPSA) is 73.6 Å². The van der Waals surface area contributed by atoms with Crippen molar-refractivity contribution in [3.05, 3.63) is 11.9 Å². The summed E-state index contributed by atoms with van der Waals surface area (Å²) in [6.45, 7) is 9.04. The minimum Gasteiger partial charge on any atom is -0.369 e. The molecule has 0 aliphatic carbocycles. The minimum absolute atomic E-state index is 0.182. The Bertz CT molecular complexity index is 400. The molecule has 5 heteroatoms. The Kier molecular flexibility index (Phi) is 3.67. The molecule has 0 bridgehead atoms. The highest BCUT2D eigenvalue weighted by Crippen LogP contribution is 2.16. The lowest BCUT2D eigenvalue weighted by Gasteiger charge is -2.19. The van der Waals surface area contributed by atoms with Crippen molar-refractivity contribution in [1.82, 2.24) is 9.97 Å². The second kappa shape index (κ2) is 4.79. The van der Waals surface area contributed by atoms with Crippen molar-refractivity contribution < 1.29 is 0 Å². The normalized spacial score (nSPS) is 10.7. The van der Waals surface area contributed by atoms with Crippen LogP contribution < -0.4 is 10.6 Å². The van der Waals surface area contributed by atoms with Crippen molar-refractivity contribution in [2.75, 3.05) is 17.2 Å². The zero-order valence-corrected chi connectivity index (χ0v) is 10.1. The lowest BCUT2D eigenvalue weighted by atomic mass is 9.97. The van der Waals surface area contributed by atoms with Crippen LogP contribution in [0.1, 0.15) is 26.6 Å². The van der Waals surface area contributed by atoms with Crippen LogP contribution in [0.2, 0.25) is 0 Å². The number of rotatable bonds is 3. The first-order chi connectivity index (χ1) is 7.40. The third-order valence-electron chi connectivity index (χ3n) is 1.82. The first kappa shape index (κ1) is 12.2. The van der Waals surface area contributed by atoms with E-state index in [0.29, 0.717) is 11.6 Å². The first-order valence-electron chi connectivity index (χ1n) is 5.15. The predicted molar refractivity (Wildman–Crippen MR) is 63.9 cm³/mol. The van der Waals surface area contributed by atoms with Crippen LogP contribution in [0.15, 0.2) is 6.07 Å². The zero-order valence-electron chi connectivity index (χ0n) is 10.1. The van der Waals surface area contributed by atoms with Gasteiger partial charge in [0.15, 0.2) is 6.19 Å². The van der Waals surface area contributed by atoms with Crippen molar-refractivity contribution in [3.8, 4) is 6.19 Å². The molecule has 0 spiro atoms. The van der Waals surface area contributed by atoms with E-state index < -0.39 is 0 Å². The average molecular weight is 219 g/mol. The van der Waals surface area contributed by atoms with Crippen molar-refractivity contribution in [1.29, 1.82) is 5.26 Å². The largest absolute Gasteiger partial charge is 0.369 e. The lowest BCUT2D eigenvalue weighted by molar-refractivity contribution is 0.442. The standard InChI is InChI=1S/C11H17N5/c1-8-15-9(13-6-11(2,3)4)5-10(16-8)14-7-12/h5H,6H2,1-4H3,(H2,13,14,15,16). The van der Waals surface area contributed by atoms with Gasteiger partial charge in [0.05, 0.1) is 0 Å². The number of aromatic nitrogens is 2. The third-order valence-corrected chi connectivity index (χ3v) is 1.82. The summed E-state index contributed by atoms with van der Waals surface area (Å²) in [5.41, 5.74) is 0.182. The fraction of sp³-hybridized carbons (Fsp3) is 0.545. The monoisotopic (exact) mass is 219 g/mol. The molecule has 0 unspecified atom stereocenters. The summed E-state index contributed by atoms with van der Waals surface area (Å²) in [7, 11) is 0. The quantitative estimate of drug-likeness (QED) is 0.601. The number of hydrogen-bond acceptors (Lipinski definition) is 5. The Hall–Kier alpha value is -1.83. The van der Waals surface area contributed by atoms with E-state index >= 15 is 0 Å². The summed E-state index contributed by atoms with van der Waals surface area (Å²) in [4.78, 5) is 8.33. The molecule has 0 atom stereocenters. The Balaban J connectivity index is 2.77. The van der Waals surface area contributed by atoms with Crippen LogP contribution in [-0.4, -0.2) is 16.5 Å². The fourth-order valence-electron chi connectivity index (χ4n) is 1.14. The van der Waals surface area contributed by atoms with E-state index in [0.717, 1.165) is 12.4 Å². The molecule has 86 valence electrons. The maximum Gasteiger partial charge on any atom is 0.182 e. The van der Waals surface area contributed by atoms with Crippen molar-refractivity contribution in [2.24, 2.45) is 5.41 Å². The zero-order chi connectivity index (χ0) is 12.2. The Morgan fingerprint density at radius 1 is 1.31 bits per heavy atom. The highest BCUT2D eigenvalue weighted by molar-refractivity contribution is 5.49. The fourth-order valence-corrected chi connectivity index (χ4v) is 1.14. The van der Waals surface area contributed by atoms with Gasteiger partial charge in [0, 0.05) is 12.6 Å². The third kappa shape index (κ3) is 4.13. The molecule has 2 N–H and O–H groups in total. The summed E-state index contributed by atoms with van der Waals surface area (Å²) >= 11 is 0. The van der Waals surface area contributed by atoms with Crippen LogP contribution in [0.25, 0.3) is 0 Å². The smallest absolute Gasteiger partial charge is 0.182 e. The van der Waals surface area contributed by atoms with Crippen molar-refractivity contribution in [2.45, 2.75) is 27.7 Å². The van der Waals surface area contributed by atoms with Crippen LogP contribution in [-0.2, 0) is 0 Å². The number of nitriles is 1. The molecule has 5 nitrogen and oxygen atoms in total. The van der Waals surface area contributed by atoms with Gasteiger partial charge in [-0.15, -0.1) is 0 Å². The van der Waals surface area contributed by atoms with Gasteiger partial charge in [0.25, 0.3) is 0 Å². The van der Waals surface area contributed by atoms with Gasteiger partial charge in [-0.05, 0) is 12.3 Å². The van der Waals surface area contributed by atoms with Gasteiger partial charge >= 0.3 is 0 Å². The SMILES string of the molecule is Cc1nc(NC#N)cc(NCC(C)(C)C)n1. The number of nitrogens with one attached hydrogen (secondary N) is 2. The van der Waals surface area contributed by atoms with Gasteiger partial charge in [-0.2, -0.15) is 5.26 Å². The molecule has 0 aromatic carbocycles. The maximum absolute atomic E-state index is 8.52. The van der Waals surface area contributed by atoms with Crippen molar-refractivity contribution in [3.63, 3.8) is 0 Å². The summed E-state index contributed by atoms with van der Waals surface area (Å²) in [5.74, 6) is 1.89. The van der Waals surface area contributed by atoms with Crippen LogP contribution >= 0.6 is 0 Å². The van der Waals surface area contributed by atoms with Gasteiger partial charge < -0.3 is 5.32 Å². The van der Waals surface area contributed by atoms with Gasteiger partial charge in [0.1, 0.15) is 17.5 Å². The van der Waals surface area contributed by atoms with E-state index in [1.807, 2.05) is 6.19 Å². The van der Waals surface area contributed by atoms with Crippen LogP contribution in [0.5, 0.6) is 0 Å². The molecule has 1 aromatic rings. The van der Waals surface area contributed by atoms with E-state index in [4.69, 9.17) is 5.26 Å². The number of anilines is 2. The molecular weight excluding hydrogens is 202 g/mol. The molecule has 1 aromatic heterocycles. The average Bonchev–Trinajstić information content (AvgIpc) is 2.13. The van der Waals surface area contributed by atoms with E-state index in [2.05, 4.69) is 41.4 Å². The molecule has 0 radical (unpaired) electrons. The second-order valence-electron chi connectivity index (χ2n) is 4.84. The minimum atomic E-state index is 0.182. The Morgan fingerprint density at radius 3 is 2.50 bits per heavy atom. The van der Waals surface area contributed by atoms with E-state index in [9.17, 15) is 0 Å². The first-order valence-corrected chi connectivity index (χ1v) is 5.15. The van der Waals surface area contributed by atoms with Crippen molar-refractivity contribution >= 4 is 11.6 Å². The summed E-state index contributed by atoms with van der Waals surface area (Å²) in [5, 5.41) is 14.2. The predicted octanol–water partition coefficient (Wildman–Crippen LogP) is 2.14. The Morgan fingerprint density at radius 2 is 1.94 bits per heavy atom. The summed E-state index contributed by atoms with van der Waals surface area (Å²) in [6, 6.07) is 1.72. The van der Waals surface area contributed by atoms with Gasteiger partial charge in [0.2, 0.25) is 0 Å². The molecule has 1 rings (SSSR count). The molecule has 16 heavy (non-hydrogen) atoms. The molecule has 0 aliphatic rings. The second-order valence-corrected chi connectivity index (χ2v) is 4.84. The summed E-state index contributed by atoms with van der Waals surface area (Å²) in [6.07, 6.45) is 1.84. The highest BCUT2D eigenvalue weighted by Gasteiger charge is 2.10. The van der Waals surface area contributed by atoms with E-state index in [1.165, 1.54) is 0 Å². The maximum atomic E-state index is 8.52. The number of aryl methyl sites for hydroxylation is 1. The molecule has 1 heterocycles. The van der Waals surface area contributed by atoms with Gasteiger partial charge in [-0.1, -0.05) is 20.8 Å². The van der Waals surface area contributed by atoms with Crippen LogP contribution in [0.4, 0.5) is 11.6 Å².